The number of nitrogens with zero attached hydrogens (tertiary/aromatic N) is 1. The van der Waals surface area contributed by atoms with E-state index in [4.69, 9.17) is 21.1 Å². The minimum Gasteiger partial charge on any atom is -0.497 e. The molecule has 0 fully saturated rings. The van der Waals surface area contributed by atoms with Crippen LogP contribution in [0.4, 0.5) is 0 Å². The first-order valence-electron chi connectivity index (χ1n) is 7.63. The number of nitrogens with one attached hydrogen (secondary N) is 2. The maximum absolute atomic E-state index is 6.23. The Kier molecular flexibility index (Phi) is 9.42. The molecule has 0 atom stereocenters. The minimum atomic E-state index is 0.636. The molecule has 124 valence electrons. The Balaban J connectivity index is 2.44. The van der Waals surface area contributed by atoms with Crippen molar-refractivity contribution < 1.29 is 9.47 Å². The molecule has 0 radical (unpaired) electrons. The van der Waals surface area contributed by atoms with E-state index in [9.17, 15) is 0 Å². The smallest absolute Gasteiger partial charge is 0.191 e. The zero-order valence-electron chi connectivity index (χ0n) is 13.6. The quantitative estimate of drug-likeness (QED) is 0.415. The second-order valence-corrected chi connectivity index (χ2v) is 5.00. The van der Waals surface area contributed by atoms with Crippen molar-refractivity contribution in [1.29, 1.82) is 0 Å². The van der Waals surface area contributed by atoms with E-state index < -0.39 is 0 Å². The van der Waals surface area contributed by atoms with Crippen LogP contribution in [-0.4, -0.2) is 45.9 Å². The van der Waals surface area contributed by atoms with Crippen molar-refractivity contribution in [3.63, 3.8) is 0 Å². The van der Waals surface area contributed by atoms with Crippen LogP contribution in [0.1, 0.15) is 19.4 Å². The van der Waals surface area contributed by atoms with Crippen molar-refractivity contribution >= 4 is 17.6 Å². The summed E-state index contributed by atoms with van der Waals surface area (Å²) < 4.78 is 10.4. The molecule has 0 bridgehead atoms. The van der Waals surface area contributed by atoms with Crippen molar-refractivity contribution in [1.82, 2.24) is 10.6 Å². The van der Waals surface area contributed by atoms with E-state index in [1.807, 2.05) is 32.0 Å². The molecule has 0 aromatic heterocycles. The highest BCUT2D eigenvalue weighted by Gasteiger charge is 2.03. The van der Waals surface area contributed by atoms with Crippen LogP contribution in [0.3, 0.4) is 0 Å². The number of benzene rings is 1. The molecule has 0 aliphatic rings. The van der Waals surface area contributed by atoms with Gasteiger partial charge in [-0.15, -0.1) is 0 Å². The second-order valence-electron chi connectivity index (χ2n) is 4.59. The highest BCUT2D eigenvalue weighted by atomic mass is 35.5. The molecular weight excluding hydrogens is 302 g/mol. The van der Waals surface area contributed by atoms with E-state index in [0.29, 0.717) is 13.2 Å². The number of guanidine groups is 1. The predicted octanol–water partition coefficient (Wildman–Crippen LogP) is 2.48. The molecule has 0 saturated heterocycles. The third-order valence-electron chi connectivity index (χ3n) is 3.00. The topological polar surface area (TPSA) is 54.9 Å². The molecule has 0 heterocycles. The lowest BCUT2D eigenvalue weighted by molar-refractivity contribution is 0.155. The second kappa shape index (κ2) is 11.2. The fourth-order valence-electron chi connectivity index (χ4n) is 1.88. The number of rotatable bonds is 9. The number of methoxy groups -OCH3 is 1. The first-order valence-corrected chi connectivity index (χ1v) is 8.01. The average molecular weight is 328 g/mol. The molecule has 0 saturated carbocycles. The van der Waals surface area contributed by atoms with Gasteiger partial charge in [-0.1, -0.05) is 17.7 Å². The van der Waals surface area contributed by atoms with Gasteiger partial charge in [-0.05, 0) is 38.0 Å². The molecule has 0 unspecified atom stereocenters. The zero-order chi connectivity index (χ0) is 16.2. The predicted molar refractivity (Wildman–Crippen MR) is 92.2 cm³/mol. The van der Waals surface area contributed by atoms with Crippen molar-refractivity contribution in [3.8, 4) is 5.75 Å². The van der Waals surface area contributed by atoms with Gasteiger partial charge in [0.25, 0.3) is 0 Å². The Morgan fingerprint density at radius 1 is 1.27 bits per heavy atom. The number of hydrogen-bond donors (Lipinski definition) is 2. The van der Waals surface area contributed by atoms with Gasteiger partial charge in [0.05, 0.1) is 20.3 Å². The molecule has 0 aliphatic heterocycles. The standard InChI is InChI=1S/C16H26ClN3O2/c1-4-18-16(20-10-11-22-5-2)19-9-8-13-6-7-14(21-3)12-15(13)17/h6-7,12H,4-5,8-11H2,1-3H3,(H2,18,19,20). The molecule has 0 aliphatic carbocycles. The highest BCUT2D eigenvalue weighted by molar-refractivity contribution is 6.31. The highest BCUT2D eigenvalue weighted by Crippen LogP contribution is 2.22. The van der Waals surface area contributed by atoms with Crippen LogP contribution in [0, 0.1) is 0 Å². The van der Waals surface area contributed by atoms with Crippen LogP contribution in [0.5, 0.6) is 5.75 Å². The van der Waals surface area contributed by atoms with Crippen LogP contribution in [0.15, 0.2) is 23.2 Å². The maximum Gasteiger partial charge on any atom is 0.191 e. The van der Waals surface area contributed by atoms with Gasteiger partial charge in [-0.25, -0.2) is 0 Å². The van der Waals surface area contributed by atoms with Gasteiger partial charge in [-0.2, -0.15) is 0 Å². The molecular formula is C16H26ClN3O2. The number of halogens is 1. The Labute approximate surface area is 138 Å². The number of hydrogen-bond acceptors (Lipinski definition) is 3. The van der Waals surface area contributed by atoms with E-state index in [1.165, 1.54) is 0 Å². The molecule has 1 aromatic carbocycles. The summed E-state index contributed by atoms with van der Waals surface area (Å²) in [7, 11) is 1.63. The monoisotopic (exact) mass is 327 g/mol. The summed E-state index contributed by atoms with van der Waals surface area (Å²) in [6.07, 6.45) is 0.818. The maximum atomic E-state index is 6.23. The van der Waals surface area contributed by atoms with E-state index >= 15 is 0 Å². The lowest BCUT2D eigenvalue weighted by Crippen LogP contribution is -2.38. The summed E-state index contributed by atoms with van der Waals surface area (Å²) in [4.78, 5) is 4.45. The van der Waals surface area contributed by atoms with Gasteiger partial charge >= 0.3 is 0 Å². The Hall–Kier alpha value is -1.46. The summed E-state index contributed by atoms with van der Waals surface area (Å²) >= 11 is 6.23. The third kappa shape index (κ3) is 7.00. The first kappa shape index (κ1) is 18.6. The van der Waals surface area contributed by atoms with Gasteiger partial charge in [0, 0.05) is 24.7 Å². The third-order valence-corrected chi connectivity index (χ3v) is 3.35. The summed E-state index contributed by atoms with van der Waals surface area (Å²) in [5.74, 6) is 1.57. The van der Waals surface area contributed by atoms with Crippen molar-refractivity contribution in [2.24, 2.45) is 4.99 Å². The average Bonchev–Trinajstić information content (AvgIpc) is 2.52. The van der Waals surface area contributed by atoms with Crippen molar-refractivity contribution in [3.05, 3.63) is 28.8 Å². The lowest BCUT2D eigenvalue weighted by Gasteiger charge is -2.12. The van der Waals surface area contributed by atoms with Gasteiger partial charge in [-0.3, -0.25) is 4.99 Å². The summed E-state index contributed by atoms with van der Waals surface area (Å²) in [6, 6.07) is 5.74. The Morgan fingerprint density at radius 3 is 2.73 bits per heavy atom. The van der Waals surface area contributed by atoms with Gasteiger partial charge < -0.3 is 20.1 Å². The van der Waals surface area contributed by atoms with E-state index in [-0.39, 0.29) is 0 Å². The Bertz CT molecular complexity index is 467. The van der Waals surface area contributed by atoms with Crippen LogP contribution in [-0.2, 0) is 11.2 Å². The summed E-state index contributed by atoms with van der Waals surface area (Å²) in [5, 5.41) is 7.23. The van der Waals surface area contributed by atoms with Gasteiger partial charge in [0.2, 0.25) is 0 Å². The van der Waals surface area contributed by atoms with Crippen LogP contribution < -0.4 is 15.4 Å². The fourth-order valence-corrected chi connectivity index (χ4v) is 2.15. The SMILES string of the molecule is CCNC(=NCCOCC)NCCc1ccc(OC)cc1Cl. The molecule has 1 aromatic rings. The largest absolute Gasteiger partial charge is 0.497 e. The molecule has 1 rings (SSSR count). The molecule has 5 nitrogen and oxygen atoms in total. The van der Waals surface area contributed by atoms with Crippen LogP contribution >= 0.6 is 11.6 Å². The van der Waals surface area contributed by atoms with Crippen LogP contribution in [0.2, 0.25) is 5.02 Å². The summed E-state index contributed by atoms with van der Waals surface area (Å²) in [6.45, 7) is 7.60. The zero-order valence-corrected chi connectivity index (χ0v) is 14.4. The lowest BCUT2D eigenvalue weighted by atomic mass is 10.1. The van der Waals surface area contributed by atoms with E-state index in [0.717, 1.165) is 48.4 Å². The van der Waals surface area contributed by atoms with Gasteiger partial charge in [0.1, 0.15) is 5.75 Å². The summed E-state index contributed by atoms with van der Waals surface area (Å²) in [5.41, 5.74) is 1.08. The van der Waals surface area contributed by atoms with E-state index in [2.05, 4.69) is 15.6 Å². The first-order chi connectivity index (χ1) is 10.7. The molecule has 0 amide bonds. The van der Waals surface area contributed by atoms with Crippen LogP contribution in [0.25, 0.3) is 0 Å². The van der Waals surface area contributed by atoms with E-state index in [1.54, 1.807) is 7.11 Å². The molecule has 0 spiro atoms. The van der Waals surface area contributed by atoms with Gasteiger partial charge in [0.15, 0.2) is 5.96 Å². The van der Waals surface area contributed by atoms with Crippen molar-refractivity contribution in [2.45, 2.75) is 20.3 Å². The number of ether oxygens (including phenoxy) is 2. The molecule has 22 heavy (non-hydrogen) atoms. The molecule has 6 heteroatoms. The molecule has 2 N–H and O–H groups in total. The normalized spacial score (nSPS) is 11.4. The Morgan fingerprint density at radius 2 is 2.09 bits per heavy atom. The fraction of sp³-hybridized carbons (Fsp3) is 0.562. The van der Waals surface area contributed by atoms with Crippen molar-refractivity contribution in [2.75, 3.05) is 40.0 Å². The number of aliphatic imine (C=N–C) groups is 1. The minimum absolute atomic E-state index is 0.636.